The van der Waals surface area contributed by atoms with Gasteiger partial charge < -0.3 is 0 Å². The van der Waals surface area contributed by atoms with E-state index in [9.17, 15) is 9.18 Å². The number of hydrogen-bond acceptors (Lipinski definition) is 4. The first-order chi connectivity index (χ1) is 10.6. The van der Waals surface area contributed by atoms with Gasteiger partial charge in [-0.15, -0.1) is 0 Å². The van der Waals surface area contributed by atoms with Gasteiger partial charge in [0.2, 0.25) is 0 Å². The fourth-order valence-electron chi connectivity index (χ4n) is 1.94. The second-order valence-corrected chi connectivity index (χ2v) is 5.64. The van der Waals surface area contributed by atoms with E-state index in [-0.39, 0.29) is 11.4 Å². The zero-order valence-corrected chi connectivity index (χ0v) is 12.6. The molecule has 1 N–H and O–H groups in total. The van der Waals surface area contributed by atoms with Crippen LogP contribution >= 0.6 is 11.8 Å². The van der Waals surface area contributed by atoms with Crippen molar-refractivity contribution in [3.8, 4) is 5.69 Å². The van der Waals surface area contributed by atoms with E-state index >= 15 is 0 Å². The van der Waals surface area contributed by atoms with Crippen molar-refractivity contribution in [1.82, 2.24) is 19.7 Å². The van der Waals surface area contributed by atoms with Crippen LogP contribution in [0.4, 0.5) is 4.39 Å². The van der Waals surface area contributed by atoms with Crippen molar-refractivity contribution in [2.24, 2.45) is 0 Å². The number of benzene rings is 1. The zero-order chi connectivity index (χ0) is 15.5. The van der Waals surface area contributed by atoms with Crippen LogP contribution in [0.5, 0.6) is 0 Å². The van der Waals surface area contributed by atoms with Crippen LogP contribution in [0.25, 0.3) is 5.69 Å². The molecule has 7 heteroatoms. The monoisotopic (exact) mass is 316 g/mol. The van der Waals surface area contributed by atoms with E-state index in [0.29, 0.717) is 16.6 Å². The summed E-state index contributed by atoms with van der Waals surface area (Å²) in [6.45, 7) is 1.90. The molecule has 2 heterocycles. The molecule has 5 nitrogen and oxygen atoms in total. The first-order valence-corrected chi connectivity index (χ1v) is 7.60. The van der Waals surface area contributed by atoms with Gasteiger partial charge in [0.25, 0.3) is 5.56 Å². The number of thioether (sulfide) groups is 1. The Labute approximate surface area is 130 Å². The third-order valence-electron chi connectivity index (χ3n) is 2.99. The summed E-state index contributed by atoms with van der Waals surface area (Å²) >= 11 is 1.44. The van der Waals surface area contributed by atoms with Gasteiger partial charge in [0.1, 0.15) is 5.82 Å². The molecule has 3 aromatic rings. The zero-order valence-electron chi connectivity index (χ0n) is 11.8. The smallest absolute Gasteiger partial charge is 0.271 e. The van der Waals surface area contributed by atoms with Crippen LogP contribution in [0, 0.1) is 12.7 Å². The molecule has 0 bridgehead atoms. The molecular weight excluding hydrogens is 303 g/mol. The lowest BCUT2D eigenvalue weighted by atomic mass is 10.3. The van der Waals surface area contributed by atoms with Gasteiger partial charge in [0.05, 0.1) is 5.69 Å². The highest BCUT2D eigenvalue weighted by Gasteiger charge is 2.07. The summed E-state index contributed by atoms with van der Waals surface area (Å²) in [5.74, 6) is 0.211. The molecule has 0 saturated heterocycles. The van der Waals surface area contributed by atoms with E-state index in [4.69, 9.17) is 0 Å². The molecule has 112 valence electrons. The standard InChI is InChI=1S/C15H13FN4OS/c1-10-6-7-17-15(18-10)22-9-12-8-14(21)20(19-12)13-4-2-11(16)3-5-13/h2-8,19H,9H2,1H3. The fourth-order valence-corrected chi connectivity index (χ4v) is 2.71. The lowest BCUT2D eigenvalue weighted by Gasteiger charge is -2.02. The van der Waals surface area contributed by atoms with Crippen molar-refractivity contribution in [3.05, 3.63) is 70.2 Å². The summed E-state index contributed by atoms with van der Waals surface area (Å²) < 4.78 is 14.3. The number of aryl methyl sites for hydroxylation is 1. The Morgan fingerprint density at radius 1 is 1.27 bits per heavy atom. The predicted molar refractivity (Wildman–Crippen MR) is 82.7 cm³/mol. The summed E-state index contributed by atoms with van der Waals surface area (Å²) in [5.41, 5.74) is 2.06. The molecule has 0 unspecified atom stereocenters. The van der Waals surface area contributed by atoms with Crippen LogP contribution in [0.15, 0.2) is 52.5 Å². The van der Waals surface area contributed by atoms with Crippen LogP contribution in [-0.2, 0) is 5.75 Å². The second kappa shape index (κ2) is 6.15. The molecule has 22 heavy (non-hydrogen) atoms. The summed E-state index contributed by atoms with van der Waals surface area (Å²) in [5, 5.41) is 3.67. The van der Waals surface area contributed by atoms with E-state index in [0.717, 1.165) is 11.4 Å². The Bertz CT molecular complexity index is 841. The lowest BCUT2D eigenvalue weighted by Crippen LogP contribution is -2.13. The molecule has 0 saturated carbocycles. The first-order valence-electron chi connectivity index (χ1n) is 6.61. The number of hydrogen-bond donors (Lipinski definition) is 1. The molecule has 3 rings (SSSR count). The average Bonchev–Trinajstić information content (AvgIpc) is 2.87. The molecule has 0 amide bonds. The quantitative estimate of drug-likeness (QED) is 0.594. The number of halogens is 1. The van der Waals surface area contributed by atoms with Crippen LogP contribution in [0.2, 0.25) is 0 Å². The van der Waals surface area contributed by atoms with Crippen molar-refractivity contribution in [2.45, 2.75) is 17.8 Å². The second-order valence-electron chi connectivity index (χ2n) is 4.70. The molecular formula is C15H13FN4OS. The normalized spacial score (nSPS) is 10.8. The molecule has 0 spiro atoms. The highest BCUT2D eigenvalue weighted by atomic mass is 32.2. The Hall–Kier alpha value is -2.41. The van der Waals surface area contributed by atoms with Gasteiger partial charge in [0.15, 0.2) is 5.16 Å². The highest BCUT2D eigenvalue weighted by molar-refractivity contribution is 7.98. The highest BCUT2D eigenvalue weighted by Crippen LogP contribution is 2.17. The SMILES string of the molecule is Cc1ccnc(SCc2cc(=O)n(-c3ccc(F)cc3)[nH]2)n1. The fraction of sp³-hybridized carbons (Fsp3) is 0.133. The van der Waals surface area contributed by atoms with Gasteiger partial charge in [0, 0.05) is 29.4 Å². The van der Waals surface area contributed by atoms with Crippen molar-refractivity contribution in [3.63, 3.8) is 0 Å². The molecule has 1 aromatic carbocycles. The van der Waals surface area contributed by atoms with Crippen LogP contribution < -0.4 is 5.56 Å². The molecule has 0 aliphatic rings. The Morgan fingerprint density at radius 2 is 2.05 bits per heavy atom. The maximum Gasteiger partial charge on any atom is 0.271 e. The summed E-state index contributed by atoms with van der Waals surface area (Å²) in [6, 6.07) is 9.08. The topological polar surface area (TPSA) is 63.6 Å². The Morgan fingerprint density at radius 3 is 2.77 bits per heavy atom. The van der Waals surface area contributed by atoms with Gasteiger partial charge >= 0.3 is 0 Å². The van der Waals surface area contributed by atoms with E-state index in [1.54, 1.807) is 18.3 Å². The number of nitrogens with zero attached hydrogens (tertiary/aromatic N) is 3. The summed E-state index contributed by atoms with van der Waals surface area (Å²) in [7, 11) is 0. The molecule has 0 atom stereocenters. The van der Waals surface area contributed by atoms with Gasteiger partial charge in [-0.3, -0.25) is 9.89 Å². The van der Waals surface area contributed by atoms with Gasteiger partial charge in [-0.25, -0.2) is 19.0 Å². The molecule has 0 aliphatic carbocycles. The van der Waals surface area contributed by atoms with Crippen molar-refractivity contribution in [2.75, 3.05) is 0 Å². The van der Waals surface area contributed by atoms with E-state index in [1.165, 1.54) is 34.6 Å². The van der Waals surface area contributed by atoms with E-state index < -0.39 is 0 Å². The Kier molecular flexibility index (Phi) is 4.06. The number of rotatable bonds is 4. The van der Waals surface area contributed by atoms with E-state index in [1.807, 2.05) is 13.0 Å². The third kappa shape index (κ3) is 3.25. The minimum Gasteiger partial charge on any atom is -0.294 e. The molecule has 0 aliphatic heterocycles. The van der Waals surface area contributed by atoms with Gasteiger partial charge in [-0.2, -0.15) is 0 Å². The van der Waals surface area contributed by atoms with Crippen LogP contribution in [0.1, 0.15) is 11.4 Å². The third-order valence-corrected chi connectivity index (χ3v) is 3.90. The molecule has 0 radical (unpaired) electrons. The number of aromatic amines is 1. The number of H-pyrrole nitrogens is 1. The number of nitrogens with one attached hydrogen (secondary N) is 1. The van der Waals surface area contributed by atoms with Gasteiger partial charge in [-0.05, 0) is 37.3 Å². The van der Waals surface area contributed by atoms with Crippen molar-refractivity contribution < 1.29 is 4.39 Å². The van der Waals surface area contributed by atoms with Crippen LogP contribution in [0.3, 0.4) is 0 Å². The molecule has 2 aromatic heterocycles. The van der Waals surface area contributed by atoms with Crippen molar-refractivity contribution in [1.29, 1.82) is 0 Å². The summed E-state index contributed by atoms with van der Waals surface area (Å²) in [4.78, 5) is 20.4. The summed E-state index contributed by atoms with van der Waals surface area (Å²) in [6.07, 6.45) is 1.71. The molecule has 0 fully saturated rings. The minimum atomic E-state index is -0.337. The van der Waals surface area contributed by atoms with E-state index in [2.05, 4.69) is 15.1 Å². The largest absolute Gasteiger partial charge is 0.294 e. The first kappa shape index (κ1) is 14.5. The Balaban J connectivity index is 1.77. The average molecular weight is 316 g/mol. The number of aromatic nitrogens is 4. The van der Waals surface area contributed by atoms with Crippen LogP contribution in [-0.4, -0.2) is 19.7 Å². The predicted octanol–water partition coefficient (Wildman–Crippen LogP) is 2.70. The van der Waals surface area contributed by atoms with Crippen molar-refractivity contribution >= 4 is 11.8 Å². The minimum absolute atomic E-state index is 0.188. The lowest BCUT2D eigenvalue weighted by molar-refractivity contribution is 0.627. The maximum atomic E-state index is 12.9. The maximum absolute atomic E-state index is 12.9. The van der Waals surface area contributed by atoms with Gasteiger partial charge in [-0.1, -0.05) is 11.8 Å².